The van der Waals surface area contributed by atoms with Crippen LogP contribution in [0.5, 0.6) is 0 Å². The van der Waals surface area contributed by atoms with E-state index in [1.165, 1.54) is 7.11 Å². The molecule has 0 aliphatic carbocycles. The molecular formula is C18H15N3O. The minimum absolute atomic E-state index is 0.124. The molecule has 0 spiro atoms. The van der Waals surface area contributed by atoms with E-state index in [0.29, 0.717) is 0 Å². The number of nitrogens with zero attached hydrogens (tertiary/aromatic N) is 3. The summed E-state index contributed by atoms with van der Waals surface area (Å²) < 4.78 is 5.16. The molecule has 0 aliphatic heterocycles. The number of allylic oxidation sites excluding steroid dienone is 1. The van der Waals surface area contributed by atoms with Crippen molar-refractivity contribution < 1.29 is 4.74 Å². The lowest BCUT2D eigenvalue weighted by molar-refractivity contribution is 0.285. The SMILES string of the molecule is COC(/N=C/c1ccccc1)=C(\C#N)N=Cc1ccccc1. The van der Waals surface area contributed by atoms with Gasteiger partial charge in [-0.1, -0.05) is 60.7 Å². The van der Waals surface area contributed by atoms with Crippen LogP contribution >= 0.6 is 0 Å². The summed E-state index contributed by atoms with van der Waals surface area (Å²) >= 11 is 0. The fraction of sp³-hybridized carbons (Fsp3) is 0.0556. The number of methoxy groups -OCH3 is 1. The minimum Gasteiger partial charge on any atom is -0.479 e. The molecule has 0 fully saturated rings. The minimum atomic E-state index is 0.124. The van der Waals surface area contributed by atoms with Crippen LogP contribution in [0, 0.1) is 11.3 Å². The first-order chi connectivity index (χ1) is 10.8. The van der Waals surface area contributed by atoms with Crippen LogP contribution in [0.15, 0.2) is 82.2 Å². The van der Waals surface area contributed by atoms with E-state index in [2.05, 4.69) is 9.98 Å². The van der Waals surface area contributed by atoms with Gasteiger partial charge in [0.15, 0.2) is 0 Å². The maximum absolute atomic E-state index is 9.23. The predicted octanol–water partition coefficient (Wildman–Crippen LogP) is 3.56. The Hall–Kier alpha value is -3.19. The fourth-order valence-electron chi connectivity index (χ4n) is 1.69. The van der Waals surface area contributed by atoms with Crippen LogP contribution in [0.4, 0.5) is 0 Å². The Bertz CT molecular complexity index is 726. The van der Waals surface area contributed by atoms with Gasteiger partial charge < -0.3 is 4.74 Å². The standard InChI is InChI=1S/C18H15N3O/c1-22-18(21-14-16-10-6-3-7-11-16)17(12-19)20-13-15-8-4-2-5-9-15/h2-11,13-14H,1H3/b18-17+,20-13?,21-14+. The van der Waals surface area contributed by atoms with Crippen LogP contribution in [0.25, 0.3) is 0 Å². The van der Waals surface area contributed by atoms with Crippen LogP contribution in [0.2, 0.25) is 0 Å². The summed E-state index contributed by atoms with van der Waals surface area (Å²) in [6.07, 6.45) is 3.24. The van der Waals surface area contributed by atoms with Gasteiger partial charge in [0.25, 0.3) is 5.88 Å². The average Bonchev–Trinajstić information content (AvgIpc) is 2.59. The molecule has 0 atom stereocenters. The number of hydrogen-bond acceptors (Lipinski definition) is 4. The molecule has 0 bridgehead atoms. The number of hydrogen-bond donors (Lipinski definition) is 0. The number of nitriles is 1. The third-order valence-electron chi connectivity index (χ3n) is 2.77. The van der Waals surface area contributed by atoms with Gasteiger partial charge in [-0.15, -0.1) is 0 Å². The van der Waals surface area contributed by atoms with Gasteiger partial charge in [-0.25, -0.2) is 9.98 Å². The summed E-state index contributed by atoms with van der Waals surface area (Å²) in [6.45, 7) is 0. The molecule has 0 unspecified atom stereocenters. The Morgan fingerprint density at radius 3 is 1.86 bits per heavy atom. The predicted molar refractivity (Wildman–Crippen MR) is 87.7 cm³/mol. The molecule has 0 heterocycles. The van der Waals surface area contributed by atoms with Gasteiger partial charge >= 0.3 is 0 Å². The third-order valence-corrected chi connectivity index (χ3v) is 2.77. The summed E-state index contributed by atoms with van der Waals surface area (Å²) in [5, 5.41) is 9.23. The zero-order valence-corrected chi connectivity index (χ0v) is 12.2. The summed E-state index contributed by atoms with van der Waals surface area (Å²) in [4.78, 5) is 8.34. The highest BCUT2D eigenvalue weighted by molar-refractivity contribution is 5.81. The quantitative estimate of drug-likeness (QED) is 0.480. The molecule has 0 saturated carbocycles. The van der Waals surface area contributed by atoms with Crippen LogP contribution in [0.3, 0.4) is 0 Å². The highest BCUT2D eigenvalue weighted by atomic mass is 16.5. The van der Waals surface area contributed by atoms with Crippen molar-refractivity contribution in [2.75, 3.05) is 7.11 Å². The van der Waals surface area contributed by atoms with Crippen molar-refractivity contribution in [1.82, 2.24) is 0 Å². The Morgan fingerprint density at radius 1 is 0.909 bits per heavy atom. The number of ether oxygens (including phenoxy) is 1. The maximum atomic E-state index is 9.23. The van der Waals surface area contributed by atoms with Crippen LogP contribution < -0.4 is 0 Å². The van der Waals surface area contributed by atoms with E-state index in [1.807, 2.05) is 66.7 Å². The molecule has 0 aliphatic rings. The number of benzene rings is 2. The van der Waals surface area contributed by atoms with Gasteiger partial charge in [0.2, 0.25) is 5.70 Å². The zero-order valence-electron chi connectivity index (χ0n) is 12.2. The van der Waals surface area contributed by atoms with E-state index in [4.69, 9.17) is 4.74 Å². The lowest BCUT2D eigenvalue weighted by atomic mass is 10.2. The summed E-state index contributed by atoms with van der Waals surface area (Å²) in [6, 6.07) is 21.1. The summed E-state index contributed by atoms with van der Waals surface area (Å²) in [5.74, 6) is 0.179. The third kappa shape index (κ3) is 4.43. The van der Waals surface area contributed by atoms with Crippen molar-refractivity contribution in [3.05, 3.63) is 83.4 Å². The van der Waals surface area contributed by atoms with Crippen molar-refractivity contribution >= 4 is 12.4 Å². The van der Waals surface area contributed by atoms with E-state index in [0.717, 1.165) is 11.1 Å². The Kier molecular flexibility index (Phi) is 5.65. The van der Waals surface area contributed by atoms with Crippen LogP contribution in [-0.2, 0) is 4.74 Å². The molecule has 0 N–H and O–H groups in total. The first kappa shape index (κ1) is 15.2. The Morgan fingerprint density at radius 2 is 1.41 bits per heavy atom. The number of aliphatic imine (C=N–C) groups is 2. The first-order valence-electron chi connectivity index (χ1n) is 6.70. The Balaban J connectivity index is 2.24. The highest BCUT2D eigenvalue weighted by Crippen LogP contribution is 2.09. The molecule has 4 heteroatoms. The monoisotopic (exact) mass is 289 g/mol. The zero-order chi connectivity index (χ0) is 15.6. The molecule has 108 valence electrons. The van der Waals surface area contributed by atoms with Crippen molar-refractivity contribution in [3.8, 4) is 6.07 Å². The normalized spacial score (nSPS) is 12.2. The topological polar surface area (TPSA) is 57.7 Å². The summed E-state index contributed by atoms with van der Waals surface area (Å²) in [5.41, 5.74) is 1.94. The van der Waals surface area contributed by atoms with Gasteiger partial charge in [-0.05, 0) is 11.1 Å². The molecule has 0 aromatic heterocycles. The highest BCUT2D eigenvalue weighted by Gasteiger charge is 2.03. The van der Waals surface area contributed by atoms with Crippen molar-refractivity contribution in [3.63, 3.8) is 0 Å². The average molecular weight is 289 g/mol. The smallest absolute Gasteiger partial charge is 0.250 e. The molecule has 0 amide bonds. The second-order valence-corrected chi connectivity index (χ2v) is 4.31. The largest absolute Gasteiger partial charge is 0.479 e. The molecule has 2 aromatic rings. The van der Waals surface area contributed by atoms with Gasteiger partial charge in [0, 0.05) is 12.4 Å². The lowest BCUT2D eigenvalue weighted by Gasteiger charge is -2.00. The lowest BCUT2D eigenvalue weighted by Crippen LogP contribution is -1.91. The molecule has 2 aromatic carbocycles. The van der Waals surface area contributed by atoms with E-state index in [1.54, 1.807) is 12.4 Å². The van der Waals surface area contributed by atoms with E-state index < -0.39 is 0 Å². The molecule has 4 nitrogen and oxygen atoms in total. The van der Waals surface area contributed by atoms with Gasteiger partial charge in [0.05, 0.1) is 7.11 Å². The fourth-order valence-corrected chi connectivity index (χ4v) is 1.69. The Labute approximate surface area is 129 Å². The van der Waals surface area contributed by atoms with E-state index in [-0.39, 0.29) is 11.6 Å². The molecule has 0 saturated heterocycles. The molecular weight excluding hydrogens is 274 g/mol. The maximum Gasteiger partial charge on any atom is 0.250 e. The van der Waals surface area contributed by atoms with Crippen molar-refractivity contribution in [2.45, 2.75) is 0 Å². The van der Waals surface area contributed by atoms with Gasteiger partial charge in [-0.3, -0.25) is 0 Å². The second-order valence-electron chi connectivity index (χ2n) is 4.31. The summed E-state index contributed by atoms with van der Waals surface area (Å²) in [7, 11) is 1.47. The number of rotatable bonds is 5. The van der Waals surface area contributed by atoms with Gasteiger partial charge in [0.1, 0.15) is 6.07 Å². The van der Waals surface area contributed by atoms with Gasteiger partial charge in [-0.2, -0.15) is 5.26 Å². The molecule has 2 rings (SSSR count). The van der Waals surface area contributed by atoms with Crippen molar-refractivity contribution in [2.24, 2.45) is 9.98 Å². The van der Waals surface area contributed by atoms with E-state index >= 15 is 0 Å². The van der Waals surface area contributed by atoms with Crippen LogP contribution in [0.1, 0.15) is 11.1 Å². The van der Waals surface area contributed by atoms with E-state index in [9.17, 15) is 5.26 Å². The first-order valence-corrected chi connectivity index (χ1v) is 6.70. The second kappa shape index (κ2) is 8.18. The van der Waals surface area contributed by atoms with Crippen LogP contribution in [-0.4, -0.2) is 19.5 Å². The molecule has 0 radical (unpaired) electrons. The van der Waals surface area contributed by atoms with Crippen molar-refractivity contribution in [1.29, 1.82) is 5.26 Å². The molecule has 22 heavy (non-hydrogen) atoms.